The fourth-order valence-electron chi connectivity index (χ4n) is 5.81. The molecule has 0 heterocycles. The average Bonchev–Trinajstić information content (AvgIpc) is 3.22. The number of rotatable bonds is 6. The molecule has 0 amide bonds. The van der Waals surface area contributed by atoms with Gasteiger partial charge in [-0.15, -0.1) is 5.19 Å². The van der Waals surface area contributed by atoms with Crippen LogP contribution < -0.4 is 58.0 Å². The molecule has 0 nitrogen and oxygen atoms in total. The number of benzene rings is 3. The molecular weight excluding hydrogens is 579 g/mol. The summed E-state index contributed by atoms with van der Waals surface area (Å²) in [6.07, 6.45) is 1.16. The normalized spacial score (nSPS) is 11.4. The smallest absolute Gasteiger partial charge is 1.00 e. The quantitative estimate of drug-likeness (QED) is 0.124. The van der Waals surface area contributed by atoms with E-state index in [1.165, 1.54) is 59.7 Å². The first-order valence-electron chi connectivity index (χ1n) is 12.7. The summed E-state index contributed by atoms with van der Waals surface area (Å²) in [7, 11) is -2.53. The van der Waals surface area contributed by atoms with Gasteiger partial charge in [0, 0.05) is 0 Å². The molecule has 0 saturated heterocycles. The molecule has 0 aliphatic heterocycles. The van der Waals surface area contributed by atoms with Crippen molar-refractivity contribution in [3.05, 3.63) is 112 Å². The van der Waals surface area contributed by atoms with Gasteiger partial charge in [-0.25, -0.2) is 6.07 Å². The summed E-state index contributed by atoms with van der Waals surface area (Å²) in [4.78, 5) is 0. The van der Waals surface area contributed by atoms with Crippen LogP contribution in [0.1, 0.15) is 65.1 Å². The van der Waals surface area contributed by atoms with E-state index in [9.17, 15) is 0 Å². The van der Waals surface area contributed by atoms with Crippen LogP contribution in [-0.2, 0) is 21.7 Å². The van der Waals surface area contributed by atoms with Crippen LogP contribution in [0.5, 0.6) is 0 Å². The van der Waals surface area contributed by atoms with Crippen LogP contribution in [0.4, 0.5) is 0 Å². The first-order valence-corrected chi connectivity index (χ1v) is 14.7. The van der Waals surface area contributed by atoms with Crippen molar-refractivity contribution in [1.82, 2.24) is 0 Å². The van der Waals surface area contributed by atoms with E-state index in [2.05, 4.69) is 128 Å². The summed E-state index contributed by atoms with van der Waals surface area (Å²) in [5.74, 6) is 0.568. The average molecular weight is 618 g/mol. The zero-order chi connectivity index (χ0) is 24.6. The van der Waals surface area contributed by atoms with Crippen molar-refractivity contribution in [3.63, 3.8) is 0 Å². The third kappa shape index (κ3) is 7.30. The van der Waals surface area contributed by atoms with Crippen molar-refractivity contribution in [2.24, 2.45) is 0 Å². The number of halogens is 3. The topological polar surface area (TPSA) is 0 Å². The maximum absolute atomic E-state index is 2.54. The second kappa shape index (κ2) is 15.0. The number of hydrogen-bond acceptors (Lipinski definition) is 0. The molecule has 0 aliphatic carbocycles. The van der Waals surface area contributed by atoms with Crippen LogP contribution in [0, 0.1) is 41.5 Å². The molecule has 0 aromatic heterocycles. The van der Waals surface area contributed by atoms with Gasteiger partial charge in [-0.3, -0.25) is 0 Å². The van der Waals surface area contributed by atoms with Gasteiger partial charge in [0.2, 0.25) is 0 Å². The van der Waals surface area contributed by atoms with Crippen LogP contribution >= 0.6 is 0 Å². The molecule has 5 heteroatoms. The summed E-state index contributed by atoms with van der Waals surface area (Å²) >= 11 is 0. The molecular formula is C33H39Cl3SiTi. The summed E-state index contributed by atoms with van der Waals surface area (Å²) < 4.78 is 0. The standard InChI is InChI=1S/C33H39Si.3ClH.Ti/c1-9-28(8)29-10-11-30(21-29)34(31-15-22(2)12-23(3)16-31,32-17-24(4)13-25(5)18-32)33-19-26(6)14-27(7)20-33;;;;/h10-21,28H,9H2,1-8H3;3*1H;/q-1;;;;+4/p-3. The van der Waals surface area contributed by atoms with Crippen LogP contribution in [0.2, 0.25) is 0 Å². The first kappa shape index (κ1) is 36.8. The molecule has 0 N–H and O–H groups in total. The molecule has 0 saturated carbocycles. The van der Waals surface area contributed by atoms with Crippen molar-refractivity contribution < 1.29 is 58.9 Å². The fraction of sp³-hybridized carbons (Fsp3) is 0.303. The molecule has 38 heavy (non-hydrogen) atoms. The molecule has 1 atom stereocenters. The van der Waals surface area contributed by atoms with Crippen molar-refractivity contribution in [3.8, 4) is 0 Å². The first-order chi connectivity index (χ1) is 16.1. The molecule has 0 fully saturated rings. The number of hydrogen-bond donors (Lipinski definition) is 0. The Balaban J connectivity index is 0.00000342. The Morgan fingerprint density at radius 2 is 0.921 bits per heavy atom. The Morgan fingerprint density at radius 3 is 1.21 bits per heavy atom. The Bertz CT molecular complexity index is 1160. The third-order valence-corrected chi connectivity index (χ3v) is 12.0. The van der Waals surface area contributed by atoms with Gasteiger partial charge in [0.25, 0.3) is 0 Å². The minimum absolute atomic E-state index is 0. The van der Waals surface area contributed by atoms with Crippen molar-refractivity contribution in [1.29, 1.82) is 0 Å². The van der Waals surface area contributed by atoms with Crippen LogP contribution in [-0.4, -0.2) is 8.07 Å². The van der Waals surface area contributed by atoms with E-state index in [-0.39, 0.29) is 58.9 Å². The van der Waals surface area contributed by atoms with Crippen LogP contribution in [0.3, 0.4) is 0 Å². The molecule has 1 unspecified atom stereocenters. The Kier molecular flexibility index (Phi) is 14.5. The molecule has 4 aromatic carbocycles. The van der Waals surface area contributed by atoms with Crippen LogP contribution in [0.15, 0.2) is 72.8 Å². The molecule has 4 rings (SSSR count). The maximum Gasteiger partial charge on any atom is 4.00 e. The zero-order valence-corrected chi connectivity index (χ0v) is 28.7. The predicted molar refractivity (Wildman–Crippen MR) is 153 cm³/mol. The number of aryl methyl sites for hydroxylation is 6. The molecule has 0 spiro atoms. The van der Waals surface area contributed by atoms with E-state index < -0.39 is 8.07 Å². The molecule has 0 aliphatic rings. The Morgan fingerprint density at radius 1 is 0.605 bits per heavy atom. The monoisotopic (exact) mass is 616 g/mol. The van der Waals surface area contributed by atoms with Gasteiger partial charge in [-0.1, -0.05) is 130 Å². The Labute approximate surface area is 265 Å². The van der Waals surface area contributed by atoms with Gasteiger partial charge in [0.1, 0.15) is 8.07 Å². The van der Waals surface area contributed by atoms with Crippen molar-refractivity contribution >= 4 is 28.8 Å². The van der Waals surface area contributed by atoms with Gasteiger partial charge in [0.15, 0.2) is 0 Å². The summed E-state index contributed by atoms with van der Waals surface area (Å²) in [6, 6.07) is 29.1. The summed E-state index contributed by atoms with van der Waals surface area (Å²) in [5.41, 5.74) is 9.52. The van der Waals surface area contributed by atoms with E-state index in [1.54, 1.807) is 0 Å². The minimum Gasteiger partial charge on any atom is -1.00 e. The molecule has 200 valence electrons. The van der Waals surface area contributed by atoms with E-state index in [1.807, 2.05) is 0 Å². The van der Waals surface area contributed by atoms with E-state index >= 15 is 0 Å². The van der Waals surface area contributed by atoms with Crippen LogP contribution in [0.25, 0.3) is 0 Å². The van der Waals surface area contributed by atoms with Gasteiger partial charge in [-0.05, 0) is 41.5 Å². The Hall–Kier alpha value is -1.19. The van der Waals surface area contributed by atoms with E-state index in [0.29, 0.717) is 5.92 Å². The van der Waals surface area contributed by atoms with Crippen molar-refractivity contribution in [2.45, 2.75) is 67.7 Å². The summed E-state index contributed by atoms with van der Waals surface area (Å²) in [5, 5.41) is 5.96. The second-order valence-corrected chi connectivity index (χ2v) is 14.4. The summed E-state index contributed by atoms with van der Waals surface area (Å²) in [6.45, 7) is 18.1. The van der Waals surface area contributed by atoms with Gasteiger partial charge >= 0.3 is 21.7 Å². The second-order valence-electron chi connectivity index (χ2n) is 10.6. The predicted octanol–water partition coefficient (Wildman–Crippen LogP) is -2.84. The van der Waals surface area contributed by atoms with Gasteiger partial charge in [0.05, 0.1) is 0 Å². The third-order valence-electron chi connectivity index (χ3n) is 7.36. The molecule has 0 radical (unpaired) electrons. The minimum atomic E-state index is -2.53. The molecule has 0 bridgehead atoms. The largest absolute Gasteiger partial charge is 4.00 e. The van der Waals surface area contributed by atoms with E-state index in [4.69, 9.17) is 0 Å². The maximum atomic E-state index is 2.54. The zero-order valence-electron chi connectivity index (χ0n) is 23.8. The SMILES string of the molecule is CCC(C)c1cc[c-]([Si](c2cc(C)cc(C)c2)(c2cc(C)cc(C)c2)c2cc(C)cc(C)c2)c1.[Cl-].[Cl-].[Cl-].[Ti+4]. The van der Waals surface area contributed by atoms with Gasteiger partial charge in [-0.2, -0.15) is 17.7 Å². The molecule has 4 aromatic rings. The van der Waals surface area contributed by atoms with Gasteiger partial charge < -0.3 is 37.2 Å². The fourth-order valence-corrected chi connectivity index (χ4v) is 11.2. The van der Waals surface area contributed by atoms with E-state index in [0.717, 1.165) is 6.42 Å². The van der Waals surface area contributed by atoms with Crippen molar-refractivity contribution in [2.75, 3.05) is 0 Å².